The molecule has 3 unspecified atom stereocenters. The molecule has 4 fully saturated rings. The van der Waals surface area contributed by atoms with E-state index < -0.39 is 11.5 Å². The summed E-state index contributed by atoms with van der Waals surface area (Å²) in [6.45, 7) is 4.44. The van der Waals surface area contributed by atoms with Gasteiger partial charge in [0.2, 0.25) is 0 Å². The number of hydrogen-bond donors (Lipinski definition) is 2. The van der Waals surface area contributed by atoms with Gasteiger partial charge >= 0.3 is 0 Å². The zero-order valence-electron chi connectivity index (χ0n) is 24.4. The molecule has 1 amide bonds. The lowest BCUT2D eigenvalue weighted by molar-refractivity contribution is -0.101. The summed E-state index contributed by atoms with van der Waals surface area (Å²) in [5.41, 5.74) is 3.72. The molecule has 2 N–H and O–H groups in total. The van der Waals surface area contributed by atoms with Crippen LogP contribution in [0, 0.1) is 12.8 Å². The van der Waals surface area contributed by atoms with Crippen LogP contribution in [0.25, 0.3) is 10.9 Å². The summed E-state index contributed by atoms with van der Waals surface area (Å²) in [5, 5.41) is 15.0. The largest absolute Gasteiger partial charge is 0.506 e. The van der Waals surface area contributed by atoms with Crippen LogP contribution in [0.1, 0.15) is 72.5 Å². The Kier molecular flexibility index (Phi) is 6.69. The molecule has 4 bridgehead atoms. The van der Waals surface area contributed by atoms with E-state index in [1.165, 1.54) is 12.0 Å². The number of aryl methyl sites for hydroxylation is 1. The normalized spacial score (nSPS) is 25.5. The van der Waals surface area contributed by atoms with Gasteiger partial charge in [0.1, 0.15) is 11.3 Å². The highest BCUT2D eigenvalue weighted by Gasteiger charge is 2.56. The molecule has 2 saturated carbocycles. The van der Waals surface area contributed by atoms with Crippen LogP contribution in [0.15, 0.2) is 83.7 Å². The first-order valence-corrected chi connectivity index (χ1v) is 15.4. The van der Waals surface area contributed by atoms with Crippen molar-refractivity contribution in [3.05, 3.63) is 111 Å². The molecular weight excluding hydrogens is 522 g/mol. The minimum Gasteiger partial charge on any atom is -0.506 e. The predicted molar refractivity (Wildman–Crippen MR) is 166 cm³/mol. The molecule has 216 valence electrons. The molecule has 0 spiro atoms. The van der Waals surface area contributed by atoms with Crippen molar-refractivity contribution in [2.45, 2.75) is 82.6 Å². The second kappa shape index (κ2) is 10.4. The van der Waals surface area contributed by atoms with Gasteiger partial charge < -0.3 is 15.0 Å². The van der Waals surface area contributed by atoms with Crippen molar-refractivity contribution in [3.8, 4) is 5.75 Å². The molecule has 2 aliphatic carbocycles. The number of rotatable bonds is 7. The molecule has 4 aromatic rings. The SMILES string of the molecule is CCC(NC(=O)c1c(O)c2ccccc2n(Cc2ccccc2C)c1=O)N1C2CC3CC1CC(c1ccccc1)(C3)C2. The molecule has 2 aliphatic heterocycles. The van der Waals surface area contributed by atoms with E-state index in [0.29, 0.717) is 35.4 Å². The summed E-state index contributed by atoms with van der Waals surface area (Å²) in [5.74, 6) is -0.0299. The first-order chi connectivity index (χ1) is 20.4. The van der Waals surface area contributed by atoms with Crippen LogP contribution in [0.5, 0.6) is 5.75 Å². The van der Waals surface area contributed by atoms with Gasteiger partial charge in [-0.05, 0) is 85.6 Å². The van der Waals surface area contributed by atoms with Gasteiger partial charge in [0, 0.05) is 17.5 Å². The third-order valence-corrected chi connectivity index (χ3v) is 10.4. The molecule has 42 heavy (non-hydrogen) atoms. The Morgan fingerprint density at radius 3 is 2.33 bits per heavy atom. The molecular formula is C36H39N3O3. The van der Waals surface area contributed by atoms with E-state index in [1.54, 1.807) is 10.6 Å². The van der Waals surface area contributed by atoms with Gasteiger partial charge in [-0.1, -0.05) is 73.7 Å². The molecule has 6 nitrogen and oxygen atoms in total. The monoisotopic (exact) mass is 561 g/mol. The maximum Gasteiger partial charge on any atom is 0.268 e. The van der Waals surface area contributed by atoms with Gasteiger partial charge in [0.05, 0.1) is 18.2 Å². The second-order valence-electron chi connectivity index (χ2n) is 12.8. The number of carbonyl (C=O) groups excluding carboxylic acids is 1. The quantitative estimate of drug-likeness (QED) is 0.285. The third-order valence-electron chi connectivity index (χ3n) is 10.4. The van der Waals surface area contributed by atoms with Crippen molar-refractivity contribution in [1.82, 2.24) is 14.8 Å². The van der Waals surface area contributed by atoms with E-state index in [-0.39, 0.29) is 22.9 Å². The van der Waals surface area contributed by atoms with Crippen molar-refractivity contribution in [3.63, 3.8) is 0 Å². The molecule has 2 saturated heterocycles. The predicted octanol–water partition coefficient (Wildman–Crippen LogP) is 6.11. The van der Waals surface area contributed by atoms with Crippen molar-refractivity contribution in [2.24, 2.45) is 5.92 Å². The fourth-order valence-corrected chi connectivity index (χ4v) is 8.63. The number of amides is 1. The number of fused-ring (bicyclic) bond motifs is 1. The minimum absolute atomic E-state index is 0.175. The number of nitrogens with one attached hydrogen (secondary N) is 1. The number of piperidine rings is 2. The van der Waals surface area contributed by atoms with Crippen LogP contribution in [0.2, 0.25) is 0 Å². The fraction of sp³-hybridized carbons (Fsp3) is 0.389. The lowest BCUT2D eigenvalue weighted by Crippen LogP contribution is -2.68. The Hall–Kier alpha value is -3.90. The standard InChI is InChI=1S/C36H39N3O3/c1-3-31(39-27-17-24-18-28(39)21-36(19-24,20-27)26-13-5-4-6-14-26)37-34(41)32-33(40)29-15-9-10-16-30(29)38(35(32)42)22-25-12-8-7-11-23(25)2/h4-16,24,27-28,31,40H,3,17-22H2,1-2H3,(H,37,41). The van der Waals surface area contributed by atoms with E-state index in [0.717, 1.165) is 43.2 Å². The van der Waals surface area contributed by atoms with E-state index in [1.807, 2.05) is 49.4 Å². The van der Waals surface area contributed by atoms with Crippen molar-refractivity contribution < 1.29 is 9.90 Å². The van der Waals surface area contributed by atoms with Crippen LogP contribution in [0.3, 0.4) is 0 Å². The Morgan fingerprint density at radius 2 is 1.62 bits per heavy atom. The van der Waals surface area contributed by atoms with E-state index in [4.69, 9.17) is 0 Å². The van der Waals surface area contributed by atoms with Crippen molar-refractivity contribution in [2.75, 3.05) is 0 Å². The molecule has 3 heterocycles. The first kappa shape index (κ1) is 27.0. The highest BCUT2D eigenvalue weighted by Crippen LogP contribution is 2.57. The van der Waals surface area contributed by atoms with Crippen LogP contribution >= 0.6 is 0 Å². The third kappa shape index (κ3) is 4.35. The summed E-state index contributed by atoms with van der Waals surface area (Å²) in [4.78, 5) is 30.5. The molecule has 4 aliphatic rings. The van der Waals surface area contributed by atoms with E-state index >= 15 is 0 Å². The Bertz CT molecular complexity index is 1700. The van der Waals surface area contributed by atoms with Gasteiger partial charge in [0.15, 0.2) is 0 Å². The number of benzene rings is 3. The van der Waals surface area contributed by atoms with E-state index in [9.17, 15) is 14.7 Å². The Morgan fingerprint density at radius 1 is 0.952 bits per heavy atom. The second-order valence-corrected chi connectivity index (χ2v) is 12.8. The number of pyridine rings is 1. The number of hydrogen-bond acceptors (Lipinski definition) is 4. The molecule has 6 heteroatoms. The van der Waals surface area contributed by atoms with Crippen LogP contribution in [-0.4, -0.2) is 38.7 Å². The summed E-state index contributed by atoms with van der Waals surface area (Å²) in [7, 11) is 0. The maximum absolute atomic E-state index is 14.0. The zero-order valence-corrected chi connectivity index (χ0v) is 24.4. The topological polar surface area (TPSA) is 74.6 Å². The number of carbonyl (C=O) groups is 1. The first-order valence-electron chi connectivity index (χ1n) is 15.4. The fourth-order valence-electron chi connectivity index (χ4n) is 8.63. The average molecular weight is 562 g/mol. The summed E-state index contributed by atoms with van der Waals surface area (Å²) >= 11 is 0. The van der Waals surface area contributed by atoms with Crippen LogP contribution in [0.4, 0.5) is 0 Å². The number of nitrogens with zero attached hydrogens (tertiary/aromatic N) is 2. The number of aromatic nitrogens is 1. The van der Waals surface area contributed by atoms with Gasteiger partial charge in [0.25, 0.3) is 11.5 Å². The maximum atomic E-state index is 14.0. The van der Waals surface area contributed by atoms with Crippen molar-refractivity contribution >= 4 is 16.8 Å². The van der Waals surface area contributed by atoms with Crippen molar-refractivity contribution in [1.29, 1.82) is 0 Å². The highest BCUT2D eigenvalue weighted by atomic mass is 16.3. The average Bonchev–Trinajstić information content (AvgIpc) is 2.99. The lowest BCUT2D eigenvalue weighted by atomic mass is 9.53. The molecule has 1 aromatic heterocycles. The van der Waals surface area contributed by atoms with Gasteiger partial charge in [-0.15, -0.1) is 0 Å². The summed E-state index contributed by atoms with van der Waals surface area (Å²) in [6.07, 6.45) is 6.29. The Balaban J connectivity index is 1.21. The summed E-state index contributed by atoms with van der Waals surface area (Å²) < 4.78 is 1.63. The zero-order chi connectivity index (χ0) is 29.0. The van der Waals surface area contributed by atoms with Crippen LogP contribution < -0.4 is 10.9 Å². The molecule has 3 aromatic carbocycles. The number of para-hydroxylation sites is 1. The van der Waals surface area contributed by atoms with Gasteiger partial charge in [-0.3, -0.25) is 14.5 Å². The van der Waals surface area contributed by atoms with Crippen LogP contribution in [-0.2, 0) is 12.0 Å². The highest BCUT2D eigenvalue weighted by molar-refractivity contribution is 6.02. The molecule has 8 rings (SSSR count). The van der Waals surface area contributed by atoms with Gasteiger partial charge in [-0.25, -0.2) is 0 Å². The summed E-state index contributed by atoms with van der Waals surface area (Å²) in [6, 6.07) is 27.0. The Labute approximate surface area is 247 Å². The van der Waals surface area contributed by atoms with E-state index in [2.05, 4.69) is 47.5 Å². The molecule has 3 atom stereocenters. The minimum atomic E-state index is -0.500. The molecule has 0 radical (unpaired) electrons. The van der Waals surface area contributed by atoms with Gasteiger partial charge in [-0.2, -0.15) is 0 Å². The lowest BCUT2D eigenvalue weighted by Gasteiger charge is -2.63. The number of aromatic hydroxyl groups is 1. The smallest absolute Gasteiger partial charge is 0.268 e.